The van der Waals surface area contributed by atoms with Gasteiger partial charge in [-0.05, 0) is 31.5 Å². The van der Waals surface area contributed by atoms with Crippen molar-refractivity contribution in [2.75, 3.05) is 26.2 Å². The molecule has 2 amide bonds. The Labute approximate surface area is 136 Å². The molecule has 1 aromatic rings. The minimum Gasteiger partial charge on any atom is -0.494 e. The second kappa shape index (κ2) is 7.63. The summed E-state index contributed by atoms with van der Waals surface area (Å²) in [5.41, 5.74) is 0.584. The summed E-state index contributed by atoms with van der Waals surface area (Å²) in [5.74, 6) is -0.501. The number of ether oxygens (including phenoxy) is 1. The lowest BCUT2D eigenvalue weighted by Gasteiger charge is -2.26. The van der Waals surface area contributed by atoms with Crippen molar-refractivity contribution in [3.8, 4) is 5.75 Å². The molecule has 0 aliphatic rings. The maximum atomic E-state index is 13.7. The van der Waals surface area contributed by atoms with Gasteiger partial charge in [0.1, 0.15) is 9.84 Å². The van der Waals surface area contributed by atoms with Gasteiger partial charge in [-0.2, -0.15) is 0 Å². The molecular weight excluding hydrogens is 323 g/mol. The lowest BCUT2D eigenvalue weighted by molar-refractivity contribution is 0.195. The first-order chi connectivity index (χ1) is 10.5. The van der Waals surface area contributed by atoms with Crippen LogP contribution < -0.4 is 10.1 Å². The van der Waals surface area contributed by atoms with Gasteiger partial charge in [0.15, 0.2) is 11.6 Å². The lowest BCUT2D eigenvalue weighted by atomic mass is 10.1. The Bertz CT molecular complexity index is 663. The molecule has 0 bridgehead atoms. The van der Waals surface area contributed by atoms with Crippen molar-refractivity contribution in [3.05, 3.63) is 29.6 Å². The van der Waals surface area contributed by atoms with Crippen molar-refractivity contribution in [1.82, 2.24) is 10.2 Å². The van der Waals surface area contributed by atoms with Crippen LogP contribution in [-0.4, -0.2) is 51.6 Å². The Morgan fingerprint density at radius 3 is 2.48 bits per heavy atom. The number of sulfone groups is 1. The molecule has 1 aromatic carbocycles. The van der Waals surface area contributed by atoms with Gasteiger partial charge < -0.3 is 15.0 Å². The molecule has 0 saturated heterocycles. The third kappa shape index (κ3) is 5.70. The highest BCUT2D eigenvalue weighted by Crippen LogP contribution is 2.21. The first-order valence-corrected chi connectivity index (χ1v) is 9.15. The Morgan fingerprint density at radius 1 is 1.39 bits per heavy atom. The number of carbonyl (C=O) groups excluding carboxylic acids is 1. The molecule has 23 heavy (non-hydrogen) atoms. The van der Waals surface area contributed by atoms with Crippen LogP contribution in [0.1, 0.15) is 25.5 Å². The maximum absolute atomic E-state index is 13.7. The summed E-state index contributed by atoms with van der Waals surface area (Å²) in [4.78, 5) is 13.5. The van der Waals surface area contributed by atoms with Gasteiger partial charge in [0, 0.05) is 19.3 Å². The number of amides is 2. The summed E-state index contributed by atoms with van der Waals surface area (Å²) in [6.45, 7) is 3.37. The number of urea groups is 1. The Kier molecular flexibility index (Phi) is 6.37. The second-order valence-corrected chi connectivity index (χ2v) is 7.80. The van der Waals surface area contributed by atoms with Crippen molar-refractivity contribution < 1.29 is 22.3 Å². The Morgan fingerprint density at radius 2 is 2.00 bits per heavy atom. The molecule has 0 saturated carbocycles. The molecule has 130 valence electrons. The summed E-state index contributed by atoms with van der Waals surface area (Å²) in [5, 5.41) is 2.71. The van der Waals surface area contributed by atoms with E-state index in [9.17, 15) is 17.6 Å². The molecular formula is C15H23FN2O4S. The van der Waals surface area contributed by atoms with Crippen LogP contribution in [0, 0.1) is 5.82 Å². The molecule has 1 N–H and O–H groups in total. The average molecular weight is 346 g/mol. The second-order valence-electron chi connectivity index (χ2n) is 5.62. The van der Waals surface area contributed by atoms with E-state index in [1.807, 2.05) is 0 Å². The fourth-order valence-corrected chi connectivity index (χ4v) is 3.17. The molecule has 0 radical (unpaired) electrons. The first-order valence-electron chi connectivity index (χ1n) is 7.09. The highest BCUT2D eigenvalue weighted by Gasteiger charge is 2.21. The predicted octanol–water partition coefficient (Wildman–Crippen LogP) is 1.97. The van der Waals surface area contributed by atoms with E-state index in [0.29, 0.717) is 5.56 Å². The van der Waals surface area contributed by atoms with Gasteiger partial charge in [0.05, 0.1) is 18.9 Å². The van der Waals surface area contributed by atoms with Crippen molar-refractivity contribution in [1.29, 1.82) is 0 Å². The van der Waals surface area contributed by atoms with Crippen molar-refractivity contribution in [2.24, 2.45) is 0 Å². The fraction of sp³-hybridized carbons (Fsp3) is 0.533. The van der Waals surface area contributed by atoms with E-state index in [-0.39, 0.29) is 11.5 Å². The van der Waals surface area contributed by atoms with E-state index >= 15 is 0 Å². The van der Waals surface area contributed by atoms with Crippen molar-refractivity contribution in [3.63, 3.8) is 0 Å². The molecule has 0 aliphatic heterocycles. The molecule has 0 heterocycles. The van der Waals surface area contributed by atoms with Gasteiger partial charge >= 0.3 is 6.03 Å². The first kappa shape index (κ1) is 19.2. The van der Waals surface area contributed by atoms with Crippen LogP contribution in [0.15, 0.2) is 18.2 Å². The summed E-state index contributed by atoms with van der Waals surface area (Å²) in [6, 6.07) is 3.12. The van der Waals surface area contributed by atoms with Gasteiger partial charge in [-0.25, -0.2) is 17.6 Å². The maximum Gasteiger partial charge on any atom is 0.317 e. The molecule has 0 aromatic heterocycles. The summed E-state index contributed by atoms with van der Waals surface area (Å²) >= 11 is 0. The number of hydrogen-bond acceptors (Lipinski definition) is 4. The fourth-order valence-electron chi connectivity index (χ4n) is 2.07. The standard InChI is InChI=1S/C15H23FN2O4S/c1-10(9-23(5,20)21)18(3)15(19)17-11(2)12-6-7-14(22-4)13(16)8-12/h6-8,10-11H,9H2,1-5H3,(H,17,19)/t10-,11-/m0/s1. The smallest absolute Gasteiger partial charge is 0.317 e. The van der Waals surface area contributed by atoms with Crippen LogP contribution >= 0.6 is 0 Å². The number of benzene rings is 1. The summed E-state index contributed by atoms with van der Waals surface area (Å²) in [7, 11) is -0.284. The molecule has 8 heteroatoms. The van der Waals surface area contributed by atoms with E-state index in [4.69, 9.17) is 4.74 Å². The minimum absolute atomic E-state index is 0.123. The van der Waals surface area contributed by atoms with Crippen LogP contribution in [0.3, 0.4) is 0 Å². The molecule has 0 unspecified atom stereocenters. The largest absolute Gasteiger partial charge is 0.494 e. The molecule has 0 aliphatic carbocycles. The molecule has 0 spiro atoms. The van der Waals surface area contributed by atoms with Crippen LogP contribution in [0.5, 0.6) is 5.75 Å². The van der Waals surface area contributed by atoms with Gasteiger partial charge in [0.25, 0.3) is 0 Å². The third-order valence-electron chi connectivity index (χ3n) is 3.54. The van der Waals surface area contributed by atoms with Crippen LogP contribution in [0.25, 0.3) is 0 Å². The van der Waals surface area contributed by atoms with Crippen LogP contribution in [-0.2, 0) is 9.84 Å². The van der Waals surface area contributed by atoms with Crippen LogP contribution in [0.4, 0.5) is 9.18 Å². The van der Waals surface area contributed by atoms with Gasteiger partial charge in [-0.1, -0.05) is 6.07 Å². The Balaban J connectivity index is 2.74. The Hall–Kier alpha value is -1.83. The number of methoxy groups -OCH3 is 1. The quantitative estimate of drug-likeness (QED) is 0.854. The van der Waals surface area contributed by atoms with E-state index < -0.39 is 33.8 Å². The van der Waals surface area contributed by atoms with E-state index in [0.717, 1.165) is 6.26 Å². The van der Waals surface area contributed by atoms with Crippen molar-refractivity contribution in [2.45, 2.75) is 25.9 Å². The summed E-state index contributed by atoms with van der Waals surface area (Å²) in [6.07, 6.45) is 1.12. The predicted molar refractivity (Wildman–Crippen MR) is 86.8 cm³/mol. The number of carbonyl (C=O) groups is 1. The van der Waals surface area contributed by atoms with Crippen LogP contribution in [0.2, 0.25) is 0 Å². The number of halogens is 1. The van der Waals surface area contributed by atoms with Crippen molar-refractivity contribution >= 4 is 15.9 Å². The van der Waals surface area contributed by atoms with Gasteiger partial charge in [-0.15, -0.1) is 0 Å². The zero-order valence-electron chi connectivity index (χ0n) is 14.0. The normalized spacial score (nSPS) is 14.0. The monoisotopic (exact) mass is 346 g/mol. The summed E-state index contributed by atoms with van der Waals surface area (Å²) < 4.78 is 41.2. The topological polar surface area (TPSA) is 75.7 Å². The zero-order chi connectivity index (χ0) is 17.8. The zero-order valence-corrected chi connectivity index (χ0v) is 14.8. The lowest BCUT2D eigenvalue weighted by Crippen LogP contribution is -2.45. The van der Waals surface area contributed by atoms with E-state index in [1.54, 1.807) is 19.9 Å². The average Bonchev–Trinajstić information content (AvgIpc) is 2.44. The molecule has 2 atom stereocenters. The third-order valence-corrected chi connectivity index (χ3v) is 4.63. The number of nitrogens with one attached hydrogen (secondary N) is 1. The van der Waals surface area contributed by atoms with E-state index in [1.165, 1.54) is 31.2 Å². The van der Waals surface area contributed by atoms with E-state index in [2.05, 4.69) is 5.32 Å². The number of rotatable bonds is 6. The highest BCUT2D eigenvalue weighted by molar-refractivity contribution is 7.90. The molecule has 6 nitrogen and oxygen atoms in total. The SMILES string of the molecule is COc1ccc([C@H](C)NC(=O)N(C)[C@@H](C)CS(C)(=O)=O)cc1F. The number of nitrogens with zero attached hydrogens (tertiary/aromatic N) is 1. The number of hydrogen-bond donors (Lipinski definition) is 1. The molecule has 0 fully saturated rings. The van der Waals surface area contributed by atoms with Gasteiger partial charge in [-0.3, -0.25) is 0 Å². The highest BCUT2D eigenvalue weighted by atomic mass is 32.2. The molecule has 1 rings (SSSR count). The van der Waals surface area contributed by atoms with Gasteiger partial charge in [0.2, 0.25) is 0 Å². The minimum atomic E-state index is -3.18.